The van der Waals surface area contributed by atoms with Crippen LogP contribution in [0, 0.1) is 7.14 Å². The van der Waals surface area contributed by atoms with E-state index in [1.54, 1.807) is 0 Å². The van der Waals surface area contributed by atoms with Crippen molar-refractivity contribution < 1.29 is 27.4 Å². The van der Waals surface area contributed by atoms with Gasteiger partial charge in [0.2, 0.25) is 0 Å². The molecule has 0 aliphatic heterocycles. The maximum absolute atomic E-state index is 15.8. The number of alkyl halides is 1. The predicted octanol–water partition coefficient (Wildman–Crippen LogP) is 11.4. The van der Waals surface area contributed by atoms with Crippen LogP contribution in [0.15, 0.2) is 154 Å². The molecule has 0 amide bonds. The fourth-order valence-corrected chi connectivity index (χ4v) is 18.0. The second-order valence-electron chi connectivity index (χ2n) is 14.7. The molecule has 0 heterocycles. The summed E-state index contributed by atoms with van der Waals surface area (Å²) in [5, 5.41) is 0. The monoisotopic (exact) mass is 890 g/mol. The molecule has 0 bridgehead atoms. The maximum atomic E-state index is 15.8. The molecule has 0 fully saturated rings. The molecule has 1 unspecified atom stereocenters. The number of rotatable bonds is 14. The fourth-order valence-electron chi connectivity index (χ4n) is 5.57. The average molecular weight is 891 g/mol. The van der Waals surface area contributed by atoms with Gasteiger partial charge in [-0.3, -0.25) is 0 Å². The Kier molecular flexibility index (Phi) is 13.0. The number of benzene rings is 5. The van der Waals surface area contributed by atoms with Crippen LogP contribution >= 0.6 is 30.5 Å². The molecule has 53 heavy (non-hydrogen) atoms. The summed E-state index contributed by atoms with van der Waals surface area (Å²) in [7, 11) is -11.9. The molecule has 0 aromatic heterocycles. The molecular formula is C42H48FIO6S3. The van der Waals surface area contributed by atoms with E-state index in [0.717, 1.165) is 11.1 Å². The van der Waals surface area contributed by atoms with Crippen LogP contribution in [0.3, 0.4) is 0 Å². The van der Waals surface area contributed by atoms with E-state index in [0.29, 0.717) is 21.8 Å². The molecule has 284 valence electrons. The predicted molar refractivity (Wildman–Crippen MR) is 222 cm³/mol. The quantitative estimate of drug-likeness (QED) is 0.103. The van der Waals surface area contributed by atoms with Gasteiger partial charge in [-0.1, -0.05) is 18.2 Å². The first-order chi connectivity index (χ1) is 24.9. The van der Waals surface area contributed by atoms with Crippen LogP contribution in [-0.2, 0) is 37.2 Å². The van der Waals surface area contributed by atoms with E-state index >= 15 is 4.39 Å². The molecule has 0 saturated heterocycles. The van der Waals surface area contributed by atoms with E-state index in [2.05, 4.69) is 41.5 Å². The number of hydrogen-bond donors (Lipinski definition) is 0. The summed E-state index contributed by atoms with van der Waals surface area (Å²) in [6, 6.07) is 42.8. The molecule has 0 radical (unpaired) electrons. The van der Waals surface area contributed by atoms with E-state index in [9.17, 15) is 16.8 Å². The van der Waals surface area contributed by atoms with Gasteiger partial charge in [-0.2, -0.15) is 0 Å². The van der Waals surface area contributed by atoms with Crippen molar-refractivity contribution in [2.75, 3.05) is 5.75 Å². The number of halogens is 2. The second-order valence-corrected chi connectivity index (χ2v) is 25.9. The Morgan fingerprint density at radius 3 is 1.26 bits per heavy atom. The molecule has 0 saturated carbocycles. The molecule has 1 atom stereocenters. The van der Waals surface area contributed by atoms with Crippen molar-refractivity contribution in [3.05, 3.63) is 158 Å². The van der Waals surface area contributed by atoms with Crippen LogP contribution in [0.4, 0.5) is 4.39 Å². The zero-order valence-electron chi connectivity index (χ0n) is 30.9. The van der Waals surface area contributed by atoms with Gasteiger partial charge in [0.25, 0.3) is 0 Å². The van der Waals surface area contributed by atoms with E-state index in [-0.39, 0.29) is 17.3 Å². The normalized spacial score (nSPS) is 14.1. The van der Waals surface area contributed by atoms with Gasteiger partial charge in [-0.15, -0.1) is 0 Å². The Bertz CT molecular complexity index is 2000. The molecular weight excluding hydrogens is 843 g/mol. The summed E-state index contributed by atoms with van der Waals surface area (Å²) in [4.78, 5) is 2.01. The molecule has 6 nitrogen and oxygen atoms in total. The Morgan fingerprint density at radius 2 is 0.925 bits per heavy atom. The van der Waals surface area contributed by atoms with Gasteiger partial charge in [-0.05, 0) is 0 Å². The molecule has 0 N–H and O–H groups in total. The van der Waals surface area contributed by atoms with Gasteiger partial charge in [-0.25, -0.2) is 0 Å². The van der Waals surface area contributed by atoms with E-state index in [4.69, 9.17) is 6.14 Å². The summed E-state index contributed by atoms with van der Waals surface area (Å²) in [6.07, 6.45) is -0.875. The topological polar surface area (TPSA) is 86.7 Å². The van der Waals surface area contributed by atoms with Crippen LogP contribution in [0.2, 0.25) is 0 Å². The zero-order chi connectivity index (χ0) is 38.5. The van der Waals surface area contributed by atoms with Crippen LogP contribution in [0.1, 0.15) is 65.5 Å². The van der Waals surface area contributed by atoms with Crippen LogP contribution < -0.4 is 0 Å². The Morgan fingerprint density at radius 1 is 0.566 bits per heavy atom. The molecule has 0 spiro atoms. The SMILES string of the molecule is CC(C)(C)c1ccc(I(OS(=O)(=O)C(F)CCCS(=O)(=O)OS(c2ccccc2)(c2ccccc2)c2ccccc2)c2ccc(C(C)(C)C)cc2)cc1. The summed E-state index contributed by atoms with van der Waals surface area (Å²) < 4.78 is 84.1. The van der Waals surface area contributed by atoms with Gasteiger partial charge < -0.3 is 0 Å². The third-order valence-corrected chi connectivity index (χ3v) is 21.2. The van der Waals surface area contributed by atoms with Crippen LogP contribution in [0.25, 0.3) is 0 Å². The standard InChI is InChI=1S/C42H48FIO6S3/c1-41(2,3)33-24-28-35(29-25-33)44(36-30-26-34(27-31-36)42(4,5)6)49-53(47,48)40(43)23-16-32-51(45,46)50-52(37-17-10-7-11-18-37,38-19-12-8-13-20-38)39-21-14-9-15-22-39/h7-15,17-22,24-31,40H,16,23,32H2,1-6H3. The van der Waals surface area contributed by atoms with Crippen molar-refractivity contribution in [2.24, 2.45) is 0 Å². The van der Waals surface area contributed by atoms with Crippen molar-refractivity contribution in [3.63, 3.8) is 0 Å². The molecule has 5 aromatic carbocycles. The molecule has 0 aliphatic carbocycles. The minimum absolute atomic E-state index is 0.114. The van der Waals surface area contributed by atoms with E-state index < -0.39 is 68.5 Å². The molecule has 5 rings (SSSR count). The van der Waals surface area contributed by atoms with Gasteiger partial charge in [0, 0.05) is 0 Å². The minimum atomic E-state index is -4.74. The molecule has 0 aliphatic rings. The van der Waals surface area contributed by atoms with Gasteiger partial charge in [0.15, 0.2) is 0 Å². The zero-order valence-corrected chi connectivity index (χ0v) is 35.5. The molecule has 11 heteroatoms. The fraction of sp³-hybridized carbons (Fsp3) is 0.286. The van der Waals surface area contributed by atoms with Crippen LogP contribution in [0.5, 0.6) is 0 Å². The summed E-state index contributed by atoms with van der Waals surface area (Å²) in [5.74, 6) is -0.588. The van der Waals surface area contributed by atoms with Crippen molar-refractivity contribution in [3.8, 4) is 0 Å². The van der Waals surface area contributed by atoms with Crippen molar-refractivity contribution in [2.45, 2.75) is 85.4 Å². The van der Waals surface area contributed by atoms with Crippen molar-refractivity contribution >= 4 is 50.8 Å². The third kappa shape index (κ3) is 10.2. The first kappa shape index (κ1) is 41.1. The summed E-state index contributed by atoms with van der Waals surface area (Å²) >= 11 is -3.18. The second kappa shape index (κ2) is 16.7. The van der Waals surface area contributed by atoms with Gasteiger partial charge >= 0.3 is 309 Å². The Balaban J connectivity index is 1.38. The molecule has 5 aromatic rings. The van der Waals surface area contributed by atoms with Crippen molar-refractivity contribution in [1.29, 1.82) is 0 Å². The Hall–Kier alpha value is -3.07. The summed E-state index contributed by atoms with van der Waals surface area (Å²) in [6.45, 7) is 12.6. The number of hydrogen-bond acceptors (Lipinski definition) is 6. The van der Waals surface area contributed by atoms with Crippen LogP contribution in [-0.4, -0.2) is 28.1 Å². The van der Waals surface area contributed by atoms with Gasteiger partial charge in [0.1, 0.15) is 0 Å². The third-order valence-electron chi connectivity index (χ3n) is 8.54. The first-order valence-corrected chi connectivity index (χ1v) is 25.0. The summed E-state index contributed by atoms with van der Waals surface area (Å²) in [5.41, 5.74) is -0.510. The first-order valence-electron chi connectivity index (χ1n) is 17.3. The average Bonchev–Trinajstić information content (AvgIpc) is 3.13. The van der Waals surface area contributed by atoms with E-state index in [1.165, 1.54) is 0 Å². The van der Waals surface area contributed by atoms with E-state index in [1.807, 2.05) is 140 Å². The Labute approximate surface area is 324 Å². The van der Waals surface area contributed by atoms with Crippen molar-refractivity contribution in [1.82, 2.24) is 0 Å². The van der Waals surface area contributed by atoms with Gasteiger partial charge in [0.05, 0.1) is 0 Å².